The molecule has 2 aromatic carbocycles. The Morgan fingerprint density at radius 2 is 0.934 bits per heavy atom. The van der Waals surface area contributed by atoms with E-state index in [9.17, 15) is 47.9 Å². The van der Waals surface area contributed by atoms with Crippen LogP contribution >= 0.6 is 0 Å². The van der Waals surface area contributed by atoms with Crippen LogP contribution in [0.1, 0.15) is 71.4 Å². The maximum atomic E-state index is 13.2. The quantitative estimate of drug-likeness (QED) is 0.0110. The van der Waals surface area contributed by atoms with E-state index < -0.39 is 108 Å². The molecule has 33 heteroatoms. The lowest BCUT2D eigenvalue weighted by Gasteiger charge is -2.26. The van der Waals surface area contributed by atoms with Crippen molar-refractivity contribution in [3.05, 3.63) is 92.7 Å². The van der Waals surface area contributed by atoms with Gasteiger partial charge in [-0.3, -0.25) is 57.7 Å². The number of nitrogens with one attached hydrogen (secondary N) is 7. The van der Waals surface area contributed by atoms with Crippen molar-refractivity contribution in [1.29, 1.82) is 0 Å². The van der Waals surface area contributed by atoms with E-state index in [4.69, 9.17) is 50.0 Å². The summed E-state index contributed by atoms with van der Waals surface area (Å²) in [6, 6.07) is 12.4. The van der Waals surface area contributed by atoms with E-state index in [-0.39, 0.29) is 72.2 Å². The second-order valence-corrected chi connectivity index (χ2v) is 21.1. The van der Waals surface area contributed by atoms with Crippen molar-refractivity contribution < 1.29 is 81.1 Å². The molecule has 7 amide bonds. The fraction of sp³-hybridized carbons (Fsp3) is 0.621. The minimum atomic E-state index is -1.37. The van der Waals surface area contributed by atoms with Crippen LogP contribution in [0.3, 0.4) is 0 Å². The third-order valence-electron chi connectivity index (χ3n) is 12.4. The lowest BCUT2D eigenvalue weighted by molar-refractivity contribution is -0.157. The molecule has 2 aliphatic heterocycles. The number of esters is 3. The van der Waals surface area contributed by atoms with E-state index in [0.29, 0.717) is 26.3 Å². The monoisotopic (exact) mass is 1280 g/mol. The first-order valence-corrected chi connectivity index (χ1v) is 29.7. The maximum absolute atomic E-state index is 13.2. The molecule has 4 rings (SSSR count). The Morgan fingerprint density at radius 1 is 0.538 bits per heavy atom. The number of ether oxygens (including phenoxy) is 7. The van der Waals surface area contributed by atoms with Gasteiger partial charge in [0.1, 0.15) is 43.0 Å². The third-order valence-corrected chi connectivity index (χ3v) is 12.4. The van der Waals surface area contributed by atoms with Crippen LogP contribution in [0, 0.1) is 0 Å². The highest BCUT2D eigenvalue weighted by atomic mass is 16.6. The van der Waals surface area contributed by atoms with E-state index in [1.165, 1.54) is 13.8 Å². The number of morpholine rings is 2. The number of carbonyl (C=O) groups is 10. The Labute approximate surface area is 529 Å². The number of carbonyl (C=O) groups excluding carboxylic acids is 10. The zero-order valence-electron chi connectivity index (χ0n) is 52.6. The maximum Gasteiger partial charge on any atom is 0.308 e. The predicted octanol–water partition coefficient (Wildman–Crippen LogP) is -0.0474. The summed E-state index contributed by atoms with van der Waals surface area (Å²) >= 11 is 0. The molecule has 2 aliphatic rings. The summed E-state index contributed by atoms with van der Waals surface area (Å²) in [5.41, 5.74) is 22.6. The van der Waals surface area contributed by atoms with Gasteiger partial charge in [-0.25, -0.2) is 0 Å². The molecule has 0 unspecified atom stereocenters. The van der Waals surface area contributed by atoms with Crippen LogP contribution in [0.4, 0.5) is 0 Å². The van der Waals surface area contributed by atoms with Crippen LogP contribution in [-0.2, 0) is 94.3 Å². The Morgan fingerprint density at radius 3 is 1.33 bits per heavy atom. The minimum absolute atomic E-state index is 0.0192. The van der Waals surface area contributed by atoms with Crippen molar-refractivity contribution in [2.45, 2.75) is 103 Å². The van der Waals surface area contributed by atoms with Gasteiger partial charge in [0.2, 0.25) is 41.4 Å². The zero-order valence-corrected chi connectivity index (χ0v) is 52.6. The summed E-state index contributed by atoms with van der Waals surface area (Å²) in [7, 11) is 0. The van der Waals surface area contributed by atoms with E-state index in [1.807, 2.05) is 12.1 Å². The second kappa shape index (κ2) is 47.4. The average molecular weight is 1280 g/mol. The van der Waals surface area contributed by atoms with Crippen molar-refractivity contribution >= 4 is 59.3 Å². The largest absolute Gasteiger partial charge is 0.461 e. The summed E-state index contributed by atoms with van der Waals surface area (Å²) in [4.78, 5) is 135. The van der Waals surface area contributed by atoms with Gasteiger partial charge in [0.15, 0.2) is 0 Å². The Bertz CT molecular complexity index is 2630. The summed E-state index contributed by atoms with van der Waals surface area (Å²) in [5, 5.41) is 24.2. The highest BCUT2D eigenvalue weighted by Gasteiger charge is 2.33. The molecular formula is C58H90N16O17. The second-order valence-electron chi connectivity index (χ2n) is 21.1. The smallest absolute Gasteiger partial charge is 0.308 e. The molecule has 0 saturated carbocycles. The number of hydrogen-bond acceptors (Lipinski definition) is 22. The molecule has 0 radical (unpaired) electrons. The topological polar surface area (TPSA) is 450 Å². The third kappa shape index (κ3) is 40.0. The normalized spacial score (nSPS) is 14.2. The number of benzene rings is 2. The van der Waals surface area contributed by atoms with Crippen molar-refractivity contribution in [2.75, 3.05) is 131 Å². The molecule has 4 atom stereocenters. The highest BCUT2D eigenvalue weighted by molar-refractivity contribution is 5.97. The van der Waals surface area contributed by atoms with Crippen molar-refractivity contribution in [1.82, 2.24) is 47.0 Å². The summed E-state index contributed by atoms with van der Waals surface area (Å²) in [6.45, 7) is 17.4. The molecule has 2 fully saturated rings. The number of azide groups is 2. The van der Waals surface area contributed by atoms with Crippen LogP contribution in [-0.4, -0.2) is 230 Å². The SMILES string of the molecule is CC(=O)N[C@@H](CC(=O)OCc1ccccc1)C(=O)N[C@@H](CC(=O)NCCN1CCOCC1)C(=O)NCCOCCN=[N+]=[N-].CC(=O)N[C@@H](CC(=O)OCc1ccccc1)C(=O)N[C@@H](CC(=O)OC(C)(C)C)C(=O)NCCOCCN=[N+]=[N-].NCCN1CCOCC1. The Balaban J connectivity index is 0.000000545. The van der Waals surface area contributed by atoms with Crippen LogP contribution in [0.25, 0.3) is 20.9 Å². The van der Waals surface area contributed by atoms with Gasteiger partial charge in [-0.1, -0.05) is 70.9 Å². The van der Waals surface area contributed by atoms with E-state index in [1.54, 1.807) is 69.3 Å². The fourth-order valence-electron chi connectivity index (χ4n) is 8.04. The van der Waals surface area contributed by atoms with Crippen molar-refractivity contribution in [3.8, 4) is 0 Å². The zero-order chi connectivity index (χ0) is 67.1. The molecule has 9 N–H and O–H groups in total. The van der Waals surface area contributed by atoms with E-state index >= 15 is 0 Å². The molecule has 0 aliphatic carbocycles. The highest BCUT2D eigenvalue weighted by Crippen LogP contribution is 2.11. The molecule has 2 saturated heterocycles. The molecule has 33 nitrogen and oxygen atoms in total. The minimum Gasteiger partial charge on any atom is -0.461 e. The summed E-state index contributed by atoms with van der Waals surface area (Å²) in [5.74, 6) is -6.94. The van der Waals surface area contributed by atoms with Gasteiger partial charge < -0.3 is 76.1 Å². The molecule has 2 aromatic rings. The lowest BCUT2D eigenvalue weighted by Crippen LogP contribution is -2.55. The standard InChI is InChI=1S/C27H40N8O8.C25H36N6O8.C6H14N2O/c1-20(36)32-23(18-25(38)43-19-21-5-3-2-4-6-21)27(40)33-22(26(39)30-8-13-41-14-9-31-34-28)17-24(37)29-7-10-35-11-15-42-16-12-35;1-17(32)29-20(14-21(33)38-16-18-8-6-5-7-9-18)24(36)30-19(15-22(34)39-25(2,3)4)23(35)27-10-12-37-13-11-28-31-26;7-1-2-8-3-5-9-6-4-8/h2-6,22-23H,7-19H2,1H3,(H,29,37)(H,30,39)(H,32,36)(H,33,40);5-9,19-20H,10-16H2,1-4H3,(H,27,35)(H,29,32)(H,30,36);1-7H2/t22-,23-;19-,20-;/m00./s1. The number of hydrogen-bond donors (Lipinski definition) is 8. The fourth-order valence-corrected chi connectivity index (χ4v) is 8.04. The summed E-state index contributed by atoms with van der Waals surface area (Å²) in [6.07, 6.45) is -1.88. The van der Waals surface area contributed by atoms with Gasteiger partial charge in [0.25, 0.3) is 0 Å². The first-order chi connectivity index (χ1) is 43.6. The summed E-state index contributed by atoms with van der Waals surface area (Å²) < 4.78 is 36.7. The Hall–Kier alpha value is -8.52. The van der Waals surface area contributed by atoms with Gasteiger partial charge in [-0.2, -0.15) is 0 Å². The van der Waals surface area contributed by atoms with E-state index in [0.717, 1.165) is 63.6 Å². The van der Waals surface area contributed by atoms with E-state index in [2.05, 4.69) is 67.1 Å². The van der Waals surface area contributed by atoms with Gasteiger partial charge in [-0.05, 0) is 43.0 Å². The number of nitrogens with two attached hydrogens (primary N) is 1. The van der Waals surface area contributed by atoms with Gasteiger partial charge >= 0.3 is 17.9 Å². The lowest BCUT2D eigenvalue weighted by atomic mass is 10.1. The van der Waals surface area contributed by atoms with Crippen LogP contribution < -0.4 is 43.0 Å². The van der Waals surface area contributed by atoms with Gasteiger partial charge in [0, 0.05) is 102 Å². The van der Waals surface area contributed by atoms with Crippen molar-refractivity contribution in [3.63, 3.8) is 0 Å². The Kier molecular flexibility index (Phi) is 41.0. The predicted molar refractivity (Wildman–Crippen MR) is 328 cm³/mol. The first-order valence-electron chi connectivity index (χ1n) is 29.7. The van der Waals surface area contributed by atoms with Crippen LogP contribution in [0.15, 0.2) is 70.9 Å². The number of nitrogens with zero attached hydrogens (tertiary/aromatic N) is 8. The molecule has 0 aromatic heterocycles. The average Bonchev–Trinajstić information content (AvgIpc) is 3.51. The number of rotatable bonds is 37. The van der Waals surface area contributed by atoms with Gasteiger partial charge in [-0.15, -0.1) is 0 Å². The number of amides is 7. The molecule has 0 spiro atoms. The molecule has 91 heavy (non-hydrogen) atoms. The first kappa shape index (κ1) is 78.6. The van der Waals surface area contributed by atoms with Crippen molar-refractivity contribution in [2.24, 2.45) is 16.0 Å². The van der Waals surface area contributed by atoms with Crippen LogP contribution in [0.2, 0.25) is 0 Å². The molecule has 2 heterocycles. The van der Waals surface area contributed by atoms with Gasteiger partial charge in [0.05, 0.1) is 78.5 Å². The molecule has 0 bridgehead atoms. The van der Waals surface area contributed by atoms with Crippen LogP contribution in [0.5, 0.6) is 0 Å². The molecular weight excluding hydrogens is 1190 g/mol. The molecule has 504 valence electrons.